The first kappa shape index (κ1) is 21.4. The van der Waals surface area contributed by atoms with E-state index < -0.39 is 25.7 Å². The van der Waals surface area contributed by atoms with Crippen molar-refractivity contribution in [2.24, 2.45) is 0 Å². The average Bonchev–Trinajstić information content (AvgIpc) is 2.51. The van der Waals surface area contributed by atoms with Crippen LogP contribution in [0.3, 0.4) is 0 Å². The zero-order valence-electron chi connectivity index (χ0n) is 14.8. The van der Waals surface area contributed by atoms with Crippen molar-refractivity contribution in [2.45, 2.75) is 37.3 Å². The summed E-state index contributed by atoms with van der Waals surface area (Å²) in [4.78, 5) is 0. The van der Waals surface area contributed by atoms with E-state index in [1.807, 2.05) is 0 Å². The van der Waals surface area contributed by atoms with E-state index in [-0.39, 0.29) is 0 Å². The molecule has 0 aromatic rings. The summed E-state index contributed by atoms with van der Waals surface area (Å²) in [5.74, 6) is 0. The predicted octanol–water partition coefficient (Wildman–Crippen LogP) is 2.45. The lowest BCUT2D eigenvalue weighted by molar-refractivity contribution is 0.125. The third-order valence-electron chi connectivity index (χ3n) is 4.08. The molecule has 6 nitrogen and oxygen atoms in total. The van der Waals surface area contributed by atoms with Gasteiger partial charge in [-0.15, -0.1) is 0 Å². The van der Waals surface area contributed by atoms with Crippen LogP contribution in [-0.2, 0) is 26.6 Å². The maximum atomic E-state index is 5.49. The highest BCUT2D eigenvalue weighted by Crippen LogP contribution is 2.28. The zero-order chi connectivity index (χ0) is 16.6. The molecule has 0 heterocycles. The van der Waals surface area contributed by atoms with E-state index >= 15 is 0 Å². The Hall–Kier alpha value is 0.411. The molecular weight excluding hydrogens is 324 g/mol. The summed E-state index contributed by atoms with van der Waals surface area (Å²) >= 11 is 0. The van der Waals surface area contributed by atoms with Crippen molar-refractivity contribution in [3.63, 3.8) is 0 Å². The Labute approximate surface area is 132 Å². The van der Waals surface area contributed by atoms with Crippen LogP contribution in [0.4, 0.5) is 0 Å². The highest BCUT2D eigenvalue weighted by molar-refractivity contribution is 6.80. The summed E-state index contributed by atoms with van der Waals surface area (Å²) in [6.45, 7) is 4.71. The molecule has 0 aromatic heterocycles. The van der Waals surface area contributed by atoms with Gasteiger partial charge in [-0.1, -0.05) is 25.2 Å². The van der Waals surface area contributed by atoms with Gasteiger partial charge in [-0.3, -0.25) is 0 Å². The monoisotopic (exact) mass is 356 g/mol. The molecule has 0 aliphatic rings. The molecule has 0 unspecified atom stereocenters. The summed E-state index contributed by atoms with van der Waals surface area (Å²) in [5, 5.41) is 0. The van der Waals surface area contributed by atoms with E-state index in [9.17, 15) is 0 Å². The molecule has 0 aliphatic heterocycles. The second-order valence-corrected chi connectivity index (χ2v) is 17.3. The van der Waals surface area contributed by atoms with Gasteiger partial charge >= 0.3 is 17.6 Å². The van der Waals surface area contributed by atoms with Crippen LogP contribution in [0.15, 0.2) is 0 Å². The Bertz CT molecular complexity index is 240. The number of hydrogen-bond acceptors (Lipinski definition) is 6. The molecule has 0 atom stereocenters. The van der Waals surface area contributed by atoms with Crippen molar-refractivity contribution in [3.05, 3.63) is 0 Å². The Balaban J connectivity index is 4.56. The van der Waals surface area contributed by atoms with Crippen LogP contribution in [0.1, 0.15) is 0 Å². The van der Waals surface area contributed by atoms with Crippen LogP contribution in [0.25, 0.3) is 0 Å². The van der Waals surface area contributed by atoms with Crippen molar-refractivity contribution < 1.29 is 26.6 Å². The minimum absolute atomic E-state index is 0.844. The van der Waals surface area contributed by atoms with Crippen LogP contribution in [0.5, 0.6) is 0 Å². The maximum absolute atomic E-state index is 5.49. The molecule has 128 valence electrons. The molecule has 0 amide bonds. The molecule has 0 aliphatic carbocycles. The predicted molar refractivity (Wildman–Crippen MR) is 90.3 cm³/mol. The van der Waals surface area contributed by atoms with Gasteiger partial charge in [0.2, 0.25) is 0 Å². The Morgan fingerprint density at radius 3 is 0.905 bits per heavy atom. The van der Waals surface area contributed by atoms with Crippen LogP contribution in [0, 0.1) is 0 Å². The SMILES string of the molecule is CO[Si](CC[Si](C)(C)CC[Si](OC)(OC)OC)(OC)OC. The van der Waals surface area contributed by atoms with Gasteiger partial charge in [0.25, 0.3) is 0 Å². The van der Waals surface area contributed by atoms with Crippen LogP contribution >= 0.6 is 0 Å². The smallest absolute Gasteiger partial charge is 0.377 e. The summed E-state index contributed by atoms with van der Waals surface area (Å²) in [5.41, 5.74) is 0. The quantitative estimate of drug-likeness (QED) is 0.501. The molecule has 9 heteroatoms. The van der Waals surface area contributed by atoms with Gasteiger partial charge in [-0.25, -0.2) is 0 Å². The highest BCUT2D eigenvalue weighted by Gasteiger charge is 2.42. The van der Waals surface area contributed by atoms with Gasteiger partial charge in [0.1, 0.15) is 0 Å². The molecule has 0 rings (SSSR count). The van der Waals surface area contributed by atoms with E-state index in [1.165, 1.54) is 0 Å². The zero-order valence-corrected chi connectivity index (χ0v) is 17.8. The maximum Gasteiger partial charge on any atom is 0.499 e. The lowest BCUT2D eigenvalue weighted by Gasteiger charge is -2.31. The number of hydrogen-bond donors (Lipinski definition) is 0. The Morgan fingerprint density at radius 1 is 0.476 bits per heavy atom. The fraction of sp³-hybridized carbons (Fsp3) is 1.00. The van der Waals surface area contributed by atoms with Gasteiger partial charge in [0.05, 0.1) is 0 Å². The van der Waals surface area contributed by atoms with E-state index in [0.29, 0.717) is 0 Å². The summed E-state index contributed by atoms with van der Waals surface area (Å²) in [7, 11) is 3.57. The van der Waals surface area contributed by atoms with Gasteiger partial charge in [0, 0.05) is 62.8 Å². The van der Waals surface area contributed by atoms with Crippen molar-refractivity contribution in [1.82, 2.24) is 0 Å². The van der Waals surface area contributed by atoms with Gasteiger partial charge < -0.3 is 26.6 Å². The Morgan fingerprint density at radius 2 is 0.714 bits per heavy atom. The minimum Gasteiger partial charge on any atom is -0.377 e. The van der Waals surface area contributed by atoms with E-state index in [4.69, 9.17) is 26.6 Å². The third kappa shape index (κ3) is 6.59. The lowest BCUT2D eigenvalue weighted by Crippen LogP contribution is -2.46. The first-order valence-electron chi connectivity index (χ1n) is 7.09. The fourth-order valence-corrected chi connectivity index (χ4v) is 12.6. The largest absolute Gasteiger partial charge is 0.499 e. The van der Waals surface area contributed by atoms with Crippen molar-refractivity contribution in [2.75, 3.05) is 42.7 Å². The van der Waals surface area contributed by atoms with Crippen molar-refractivity contribution in [3.8, 4) is 0 Å². The summed E-state index contributed by atoms with van der Waals surface area (Å²) in [6, 6.07) is 3.85. The third-order valence-corrected chi connectivity index (χ3v) is 13.7. The second kappa shape index (κ2) is 9.53. The van der Waals surface area contributed by atoms with Crippen LogP contribution in [0.2, 0.25) is 37.3 Å². The molecule has 0 spiro atoms. The van der Waals surface area contributed by atoms with Crippen molar-refractivity contribution in [1.29, 1.82) is 0 Å². The van der Waals surface area contributed by atoms with Gasteiger partial charge in [-0.2, -0.15) is 0 Å². The standard InChI is InChI=1S/C12H32O6Si3/c1-13-20(14-2,15-3)11-9-19(7,8)10-12-21(16-4,17-5)18-6/h9-12H2,1-8H3. The van der Waals surface area contributed by atoms with Gasteiger partial charge in [0.15, 0.2) is 0 Å². The van der Waals surface area contributed by atoms with Gasteiger partial charge in [-0.05, 0) is 0 Å². The van der Waals surface area contributed by atoms with E-state index in [2.05, 4.69) is 13.1 Å². The van der Waals surface area contributed by atoms with Crippen LogP contribution in [-0.4, -0.2) is 68.3 Å². The molecule has 0 fully saturated rings. The molecule has 0 bridgehead atoms. The average molecular weight is 357 g/mol. The molecule has 0 saturated carbocycles. The van der Waals surface area contributed by atoms with Crippen molar-refractivity contribution >= 4 is 25.7 Å². The Kier molecular flexibility index (Phi) is 9.71. The highest BCUT2D eigenvalue weighted by atomic mass is 28.4. The minimum atomic E-state index is -2.47. The molecule has 21 heavy (non-hydrogen) atoms. The summed E-state index contributed by atoms with van der Waals surface area (Å²) in [6.07, 6.45) is 0. The first-order chi connectivity index (χ1) is 9.78. The molecule has 0 N–H and O–H groups in total. The topological polar surface area (TPSA) is 55.4 Å². The van der Waals surface area contributed by atoms with E-state index in [0.717, 1.165) is 24.2 Å². The molecule has 0 aromatic carbocycles. The molecular formula is C12H32O6Si3. The normalized spacial score (nSPS) is 13.7. The fourth-order valence-electron chi connectivity index (χ4n) is 2.22. The molecule has 0 saturated heterocycles. The van der Waals surface area contributed by atoms with E-state index in [1.54, 1.807) is 42.7 Å². The summed E-state index contributed by atoms with van der Waals surface area (Å²) < 4.78 is 33.0. The first-order valence-corrected chi connectivity index (χ1v) is 14.4. The second-order valence-electron chi connectivity index (χ2n) is 5.75. The lowest BCUT2D eigenvalue weighted by atomic mass is 10.9. The number of rotatable bonds is 12. The van der Waals surface area contributed by atoms with Crippen LogP contribution < -0.4 is 0 Å². The molecule has 0 radical (unpaired) electrons.